The van der Waals surface area contributed by atoms with Crippen molar-refractivity contribution in [2.24, 2.45) is 0 Å². The summed E-state index contributed by atoms with van der Waals surface area (Å²) >= 11 is 0. The molecule has 0 saturated heterocycles. The molecule has 0 aromatic carbocycles. The number of aliphatic hydroxyl groups is 1. The molecular formula is C3H10AlNaO3. The normalized spacial score (nSPS) is 10.2. The Morgan fingerprint density at radius 2 is 1.88 bits per heavy atom. The van der Waals surface area contributed by atoms with E-state index in [1.165, 1.54) is 6.92 Å². The zero-order valence-corrected chi connectivity index (χ0v) is 6.38. The minimum Gasteiger partial charge on any atom is -1.00 e. The number of carboxylic acids is 1. The fraction of sp³-hybridized carbons (Fsp3) is 0.667. The summed E-state index contributed by atoms with van der Waals surface area (Å²) in [6, 6.07) is 0. The van der Waals surface area contributed by atoms with Crippen molar-refractivity contribution in [2.45, 2.75) is 13.0 Å². The molecule has 0 fully saturated rings. The van der Waals surface area contributed by atoms with Crippen LogP contribution in [0, 0.1) is 0 Å². The van der Waals surface area contributed by atoms with Gasteiger partial charge in [0.1, 0.15) is 6.10 Å². The molecule has 0 radical (unpaired) electrons. The van der Waals surface area contributed by atoms with E-state index in [-0.39, 0.29) is 48.3 Å². The van der Waals surface area contributed by atoms with Gasteiger partial charge in [-0.1, -0.05) is 0 Å². The van der Waals surface area contributed by atoms with Crippen LogP contribution in [0.3, 0.4) is 0 Å². The molecule has 3 nitrogen and oxygen atoms in total. The largest absolute Gasteiger partial charge is 1.00 e. The van der Waals surface area contributed by atoms with Crippen LogP contribution in [0.2, 0.25) is 0 Å². The second-order valence-electron chi connectivity index (χ2n) is 1.01. The summed E-state index contributed by atoms with van der Waals surface area (Å²) in [5.41, 5.74) is 0. The maximum Gasteiger partial charge on any atom is 1.00 e. The Labute approximate surface area is 82.0 Å². The van der Waals surface area contributed by atoms with Crippen LogP contribution >= 0.6 is 0 Å². The molecule has 2 N–H and O–H groups in total. The summed E-state index contributed by atoms with van der Waals surface area (Å²) in [6.45, 7) is 1.20. The van der Waals surface area contributed by atoms with Gasteiger partial charge in [0.2, 0.25) is 0 Å². The van der Waals surface area contributed by atoms with Gasteiger partial charge in [0, 0.05) is 0 Å². The summed E-state index contributed by atoms with van der Waals surface area (Å²) < 4.78 is 0. The smallest absolute Gasteiger partial charge is 1.00 e. The van der Waals surface area contributed by atoms with Gasteiger partial charge >= 0.3 is 35.5 Å². The fourth-order valence-electron chi connectivity index (χ4n) is 0. The van der Waals surface area contributed by atoms with Gasteiger partial charge in [-0.3, -0.25) is 0 Å². The summed E-state index contributed by atoms with van der Waals surface area (Å²) in [5, 5.41) is 15.8. The molecule has 0 aromatic rings. The monoisotopic (exact) mass is 144 g/mol. The molecule has 0 rings (SSSR count). The van der Waals surface area contributed by atoms with Gasteiger partial charge in [0.15, 0.2) is 17.4 Å². The molecule has 0 bridgehead atoms. The Kier molecular flexibility index (Phi) is 15.9. The third kappa shape index (κ3) is 10.1. The number of aliphatic hydroxyl groups excluding tert-OH is 1. The third-order valence-corrected chi connectivity index (χ3v) is 0.357. The van der Waals surface area contributed by atoms with E-state index in [0.29, 0.717) is 0 Å². The van der Waals surface area contributed by atoms with Crippen LogP contribution in [0.1, 0.15) is 8.35 Å². The van der Waals surface area contributed by atoms with E-state index in [0.717, 1.165) is 0 Å². The number of hydrogen-bond donors (Lipinski definition) is 2. The fourth-order valence-corrected chi connectivity index (χ4v) is 0. The Morgan fingerprint density at radius 1 is 1.75 bits per heavy atom. The standard InChI is InChI=1S/C3H6O3.Al.Na.4H/c1-2(4)3(5)6;;;;;;/h2,4H,1H3,(H,5,6);;;;;;/q;;+1;;;;-1. The van der Waals surface area contributed by atoms with E-state index in [4.69, 9.17) is 10.2 Å². The second kappa shape index (κ2) is 7.96. The van der Waals surface area contributed by atoms with Gasteiger partial charge in [0.25, 0.3) is 0 Å². The van der Waals surface area contributed by atoms with E-state index < -0.39 is 12.1 Å². The first-order valence-corrected chi connectivity index (χ1v) is 1.55. The van der Waals surface area contributed by atoms with Crippen molar-refractivity contribution < 1.29 is 46.0 Å². The Hall–Kier alpha value is 0.962. The predicted octanol–water partition coefficient (Wildman–Crippen LogP) is -4.62. The molecule has 1 unspecified atom stereocenters. The van der Waals surface area contributed by atoms with Crippen LogP contribution in [-0.2, 0) is 4.79 Å². The van der Waals surface area contributed by atoms with Crippen molar-refractivity contribution in [3.8, 4) is 0 Å². The van der Waals surface area contributed by atoms with Crippen LogP contribution in [0.5, 0.6) is 0 Å². The van der Waals surface area contributed by atoms with Gasteiger partial charge in [-0.25, -0.2) is 4.79 Å². The molecule has 0 aromatic heterocycles. The molecule has 0 aliphatic rings. The quantitative estimate of drug-likeness (QED) is 0.364. The van der Waals surface area contributed by atoms with E-state index in [1.54, 1.807) is 0 Å². The van der Waals surface area contributed by atoms with Crippen LogP contribution in [0.25, 0.3) is 0 Å². The van der Waals surface area contributed by atoms with E-state index in [9.17, 15) is 4.79 Å². The SMILES string of the molecule is CC(O)C(=O)O.[AlH3].[H-].[Na+]. The summed E-state index contributed by atoms with van der Waals surface area (Å²) in [4.78, 5) is 9.45. The minimum absolute atomic E-state index is 0. The first kappa shape index (κ1) is 16.0. The van der Waals surface area contributed by atoms with Crippen LogP contribution in [-0.4, -0.2) is 39.6 Å². The van der Waals surface area contributed by atoms with Crippen LogP contribution in [0.4, 0.5) is 0 Å². The van der Waals surface area contributed by atoms with Crippen molar-refractivity contribution in [3.63, 3.8) is 0 Å². The van der Waals surface area contributed by atoms with Crippen molar-refractivity contribution in [2.75, 3.05) is 0 Å². The summed E-state index contributed by atoms with van der Waals surface area (Å²) in [5.74, 6) is -1.19. The molecule has 5 heteroatoms. The Bertz CT molecular complexity index is 70.1. The number of aliphatic carboxylic acids is 1. The van der Waals surface area contributed by atoms with Gasteiger partial charge in [-0.2, -0.15) is 0 Å². The van der Waals surface area contributed by atoms with Crippen LogP contribution < -0.4 is 29.6 Å². The molecule has 0 aliphatic carbocycles. The van der Waals surface area contributed by atoms with Crippen molar-refractivity contribution in [1.29, 1.82) is 0 Å². The molecule has 44 valence electrons. The molecule has 0 aliphatic heterocycles. The van der Waals surface area contributed by atoms with E-state index in [1.807, 2.05) is 0 Å². The zero-order valence-electron chi connectivity index (χ0n) is 5.38. The molecule has 0 spiro atoms. The summed E-state index contributed by atoms with van der Waals surface area (Å²) in [7, 11) is 0. The average molecular weight is 144 g/mol. The van der Waals surface area contributed by atoms with Gasteiger partial charge < -0.3 is 11.6 Å². The Morgan fingerprint density at radius 3 is 1.88 bits per heavy atom. The van der Waals surface area contributed by atoms with Crippen molar-refractivity contribution in [3.05, 3.63) is 0 Å². The van der Waals surface area contributed by atoms with E-state index in [2.05, 4.69) is 0 Å². The van der Waals surface area contributed by atoms with Crippen molar-refractivity contribution in [1.82, 2.24) is 0 Å². The maximum absolute atomic E-state index is 9.45. The topological polar surface area (TPSA) is 57.5 Å². The number of carbonyl (C=O) groups is 1. The maximum atomic E-state index is 9.45. The molecule has 8 heavy (non-hydrogen) atoms. The van der Waals surface area contributed by atoms with Gasteiger partial charge in [-0.05, 0) is 6.92 Å². The summed E-state index contributed by atoms with van der Waals surface area (Å²) in [6.07, 6.45) is -1.23. The zero-order chi connectivity index (χ0) is 5.15. The van der Waals surface area contributed by atoms with E-state index >= 15 is 0 Å². The van der Waals surface area contributed by atoms with Gasteiger partial charge in [0.05, 0.1) is 0 Å². The van der Waals surface area contributed by atoms with Gasteiger partial charge in [-0.15, -0.1) is 0 Å². The molecule has 0 heterocycles. The van der Waals surface area contributed by atoms with Crippen molar-refractivity contribution >= 4 is 23.3 Å². The number of carboxylic acid groups (broad SMARTS) is 1. The second-order valence-corrected chi connectivity index (χ2v) is 1.01. The Balaban J connectivity index is -0.0000000417. The third-order valence-electron chi connectivity index (χ3n) is 0.357. The molecule has 0 saturated carbocycles. The minimum atomic E-state index is -1.23. The van der Waals surface area contributed by atoms with Crippen LogP contribution in [0.15, 0.2) is 0 Å². The molecular weight excluding hydrogens is 134 g/mol. The average Bonchev–Trinajstić information content (AvgIpc) is 1.36. The first-order valence-electron chi connectivity index (χ1n) is 1.55. The first-order chi connectivity index (χ1) is 2.64. The number of hydrogen-bond acceptors (Lipinski definition) is 2. The predicted molar refractivity (Wildman–Crippen MR) is 30.4 cm³/mol. The molecule has 1 atom stereocenters. The number of rotatable bonds is 1. The molecule has 0 amide bonds.